The SMILES string of the molecule is COc1cccc(CN2CCNCC2c2nccn2C)c1.Cl. The van der Waals surface area contributed by atoms with E-state index >= 15 is 0 Å². The Bertz CT molecular complexity index is 601. The van der Waals surface area contributed by atoms with Crippen molar-refractivity contribution in [2.75, 3.05) is 26.7 Å². The van der Waals surface area contributed by atoms with E-state index in [2.05, 4.69) is 38.9 Å². The van der Waals surface area contributed by atoms with E-state index in [9.17, 15) is 0 Å². The van der Waals surface area contributed by atoms with E-state index < -0.39 is 0 Å². The van der Waals surface area contributed by atoms with Gasteiger partial charge in [-0.1, -0.05) is 12.1 Å². The molecule has 5 nitrogen and oxygen atoms in total. The first-order valence-corrected chi connectivity index (χ1v) is 7.33. The van der Waals surface area contributed by atoms with Crippen LogP contribution in [0.3, 0.4) is 0 Å². The number of hydrogen-bond donors (Lipinski definition) is 1. The van der Waals surface area contributed by atoms with E-state index in [0.717, 1.165) is 37.8 Å². The van der Waals surface area contributed by atoms with Crippen molar-refractivity contribution >= 4 is 12.4 Å². The molecule has 0 spiro atoms. The van der Waals surface area contributed by atoms with Crippen molar-refractivity contribution in [3.63, 3.8) is 0 Å². The summed E-state index contributed by atoms with van der Waals surface area (Å²) in [6.07, 6.45) is 3.88. The number of hydrogen-bond acceptors (Lipinski definition) is 4. The molecule has 1 N–H and O–H groups in total. The Morgan fingerprint density at radius 2 is 2.27 bits per heavy atom. The van der Waals surface area contributed by atoms with E-state index in [4.69, 9.17) is 4.74 Å². The smallest absolute Gasteiger partial charge is 0.127 e. The van der Waals surface area contributed by atoms with Crippen LogP contribution < -0.4 is 10.1 Å². The Kier molecular flexibility index (Phi) is 5.83. The number of ether oxygens (including phenoxy) is 1. The third-order valence-corrected chi connectivity index (χ3v) is 4.03. The van der Waals surface area contributed by atoms with Crippen molar-refractivity contribution in [3.8, 4) is 5.75 Å². The Labute approximate surface area is 137 Å². The van der Waals surface area contributed by atoms with Gasteiger partial charge in [-0.25, -0.2) is 4.98 Å². The molecule has 1 aliphatic heterocycles. The lowest BCUT2D eigenvalue weighted by Gasteiger charge is -2.35. The number of halogens is 1. The van der Waals surface area contributed by atoms with E-state index in [1.54, 1.807) is 7.11 Å². The van der Waals surface area contributed by atoms with Gasteiger partial charge in [-0.3, -0.25) is 4.90 Å². The molecule has 0 radical (unpaired) electrons. The summed E-state index contributed by atoms with van der Waals surface area (Å²) in [5.41, 5.74) is 1.27. The molecule has 1 aromatic heterocycles. The van der Waals surface area contributed by atoms with Gasteiger partial charge in [0, 0.05) is 45.6 Å². The lowest BCUT2D eigenvalue weighted by Crippen LogP contribution is -2.46. The van der Waals surface area contributed by atoms with Crippen LogP contribution in [0, 0.1) is 0 Å². The van der Waals surface area contributed by atoms with Gasteiger partial charge in [0.15, 0.2) is 0 Å². The van der Waals surface area contributed by atoms with Gasteiger partial charge in [0.2, 0.25) is 0 Å². The standard InChI is InChI=1S/C16H22N4O.ClH/c1-19-8-7-18-16(19)15-11-17-6-9-20(15)12-13-4-3-5-14(10-13)21-2;/h3-5,7-8,10,15,17H,6,9,11-12H2,1-2H3;1H. The van der Waals surface area contributed by atoms with E-state index in [-0.39, 0.29) is 12.4 Å². The van der Waals surface area contributed by atoms with Crippen molar-refractivity contribution in [1.82, 2.24) is 19.8 Å². The van der Waals surface area contributed by atoms with Crippen LogP contribution in [0.15, 0.2) is 36.7 Å². The van der Waals surface area contributed by atoms with Crippen LogP contribution >= 0.6 is 12.4 Å². The number of methoxy groups -OCH3 is 1. The maximum Gasteiger partial charge on any atom is 0.127 e. The van der Waals surface area contributed by atoms with Crippen LogP contribution in [0.25, 0.3) is 0 Å². The quantitative estimate of drug-likeness (QED) is 0.935. The first kappa shape index (κ1) is 16.8. The highest BCUT2D eigenvalue weighted by Gasteiger charge is 2.26. The van der Waals surface area contributed by atoms with Gasteiger partial charge in [0.25, 0.3) is 0 Å². The van der Waals surface area contributed by atoms with Crippen molar-refractivity contribution in [3.05, 3.63) is 48.0 Å². The highest BCUT2D eigenvalue weighted by atomic mass is 35.5. The summed E-state index contributed by atoms with van der Waals surface area (Å²) < 4.78 is 7.42. The Hall–Kier alpha value is -1.56. The molecular formula is C16H23ClN4O. The molecule has 0 saturated carbocycles. The summed E-state index contributed by atoms with van der Waals surface area (Å²) >= 11 is 0. The first-order valence-electron chi connectivity index (χ1n) is 7.33. The highest BCUT2D eigenvalue weighted by molar-refractivity contribution is 5.85. The second-order valence-electron chi connectivity index (χ2n) is 5.44. The summed E-state index contributed by atoms with van der Waals surface area (Å²) in [5, 5.41) is 3.47. The fraction of sp³-hybridized carbons (Fsp3) is 0.438. The number of benzene rings is 1. The highest BCUT2D eigenvalue weighted by Crippen LogP contribution is 2.23. The van der Waals surface area contributed by atoms with E-state index in [1.807, 2.05) is 24.5 Å². The normalized spacial score (nSPS) is 18.7. The Morgan fingerprint density at radius 1 is 1.41 bits per heavy atom. The molecule has 2 aromatic rings. The molecule has 1 unspecified atom stereocenters. The monoisotopic (exact) mass is 322 g/mol. The number of aryl methyl sites for hydroxylation is 1. The third kappa shape index (κ3) is 3.61. The second kappa shape index (κ2) is 7.63. The third-order valence-electron chi connectivity index (χ3n) is 4.03. The van der Waals surface area contributed by atoms with Crippen LogP contribution in [-0.4, -0.2) is 41.2 Å². The lowest BCUT2D eigenvalue weighted by molar-refractivity contribution is 0.144. The average molecular weight is 323 g/mol. The molecule has 1 aliphatic rings. The fourth-order valence-electron chi connectivity index (χ4n) is 2.89. The molecule has 22 heavy (non-hydrogen) atoms. The van der Waals surface area contributed by atoms with Crippen LogP contribution in [0.1, 0.15) is 17.4 Å². The van der Waals surface area contributed by atoms with Crippen molar-refractivity contribution < 1.29 is 4.74 Å². The number of nitrogens with zero attached hydrogens (tertiary/aromatic N) is 3. The molecule has 120 valence electrons. The molecule has 0 amide bonds. The maximum absolute atomic E-state index is 5.31. The van der Waals surface area contributed by atoms with E-state index in [1.165, 1.54) is 5.56 Å². The maximum atomic E-state index is 5.31. The van der Waals surface area contributed by atoms with Gasteiger partial charge >= 0.3 is 0 Å². The van der Waals surface area contributed by atoms with Crippen LogP contribution in [-0.2, 0) is 13.6 Å². The predicted octanol–water partition coefficient (Wildman–Crippen LogP) is 2.00. The Balaban J connectivity index is 0.00000176. The number of nitrogens with one attached hydrogen (secondary N) is 1. The molecule has 1 aromatic carbocycles. The summed E-state index contributed by atoms with van der Waals surface area (Å²) in [7, 11) is 3.77. The van der Waals surface area contributed by atoms with Gasteiger partial charge in [0.05, 0.1) is 13.2 Å². The molecule has 1 fully saturated rings. The minimum absolute atomic E-state index is 0. The largest absolute Gasteiger partial charge is 0.497 e. The fourth-order valence-corrected chi connectivity index (χ4v) is 2.89. The van der Waals surface area contributed by atoms with Crippen LogP contribution in [0.2, 0.25) is 0 Å². The van der Waals surface area contributed by atoms with Crippen molar-refractivity contribution in [2.24, 2.45) is 7.05 Å². The minimum atomic E-state index is 0. The lowest BCUT2D eigenvalue weighted by atomic mass is 10.1. The summed E-state index contributed by atoms with van der Waals surface area (Å²) in [6, 6.07) is 8.60. The Morgan fingerprint density at radius 3 is 3.00 bits per heavy atom. The zero-order valence-corrected chi connectivity index (χ0v) is 13.8. The molecular weight excluding hydrogens is 300 g/mol. The molecule has 0 aliphatic carbocycles. The molecule has 0 bridgehead atoms. The van der Waals surface area contributed by atoms with Gasteiger partial charge in [-0.2, -0.15) is 0 Å². The number of imidazole rings is 1. The molecule has 2 heterocycles. The average Bonchev–Trinajstić information content (AvgIpc) is 2.94. The summed E-state index contributed by atoms with van der Waals surface area (Å²) in [5.74, 6) is 2.03. The van der Waals surface area contributed by atoms with Gasteiger partial charge < -0.3 is 14.6 Å². The second-order valence-corrected chi connectivity index (χ2v) is 5.44. The number of aromatic nitrogens is 2. The minimum Gasteiger partial charge on any atom is -0.497 e. The van der Waals surface area contributed by atoms with Crippen LogP contribution in [0.5, 0.6) is 5.75 Å². The van der Waals surface area contributed by atoms with Crippen molar-refractivity contribution in [2.45, 2.75) is 12.6 Å². The topological polar surface area (TPSA) is 42.3 Å². The molecule has 1 atom stereocenters. The van der Waals surface area contributed by atoms with Gasteiger partial charge in [-0.05, 0) is 17.7 Å². The molecule has 6 heteroatoms. The number of rotatable bonds is 4. The summed E-state index contributed by atoms with van der Waals surface area (Å²) in [4.78, 5) is 7.00. The molecule has 1 saturated heterocycles. The predicted molar refractivity (Wildman–Crippen MR) is 89.5 cm³/mol. The van der Waals surface area contributed by atoms with E-state index in [0.29, 0.717) is 6.04 Å². The molecule has 3 rings (SSSR count). The van der Waals surface area contributed by atoms with Crippen LogP contribution in [0.4, 0.5) is 0 Å². The van der Waals surface area contributed by atoms with Crippen molar-refractivity contribution in [1.29, 1.82) is 0 Å². The zero-order chi connectivity index (χ0) is 14.7. The first-order chi connectivity index (χ1) is 10.3. The van der Waals surface area contributed by atoms with Gasteiger partial charge in [0.1, 0.15) is 11.6 Å². The number of piperazine rings is 1. The van der Waals surface area contributed by atoms with Gasteiger partial charge in [-0.15, -0.1) is 12.4 Å². The summed E-state index contributed by atoms with van der Waals surface area (Å²) in [6.45, 7) is 3.89. The zero-order valence-electron chi connectivity index (χ0n) is 13.0.